The summed E-state index contributed by atoms with van der Waals surface area (Å²) in [6, 6.07) is 5.17. The van der Waals surface area contributed by atoms with Crippen molar-refractivity contribution in [2.45, 2.75) is 26.7 Å². The summed E-state index contributed by atoms with van der Waals surface area (Å²) in [5.74, 6) is -0.438. The zero-order valence-electron chi connectivity index (χ0n) is 13.8. The predicted molar refractivity (Wildman–Crippen MR) is 90.8 cm³/mol. The normalized spacial score (nSPS) is 17.4. The minimum absolute atomic E-state index is 0.0163. The van der Waals surface area contributed by atoms with Gasteiger partial charge in [-0.3, -0.25) is 4.79 Å². The fourth-order valence-electron chi connectivity index (χ4n) is 2.64. The molecule has 1 fully saturated rings. The van der Waals surface area contributed by atoms with E-state index in [-0.39, 0.29) is 17.8 Å². The Morgan fingerprint density at radius 3 is 2.78 bits per heavy atom. The molecule has 6 nitrogen and oxygen atoms in total. The highest BCUT2D eigenvalue weighted by Gasteiger charge is 2.22. The van der Waals surface area contributed by atoms with Crippen LogP contribution < -0.4 is 16.0 Å². The molecule has 0 saturated carbocycles. The Morgan fingerprint density at radius 1 is 1.30 bits per heavy atom. The molecule has 0 bridgehead atoms. The zero-order valence-corrected chi connectivity index (χ0v) is 13.8. The van der Waals surface area contributed by atoms with Crippen LogP contribution in [-0.4, -0.2) is 38.1 Å². The first-order chi connectivity index (χ1) is 11.2. The number of hydrogen-bond donors (Lipinski definition) is 3. The number of benzene rings is 1. The van der Waals surface area contributed by atoms with Crippen molar-refractivity contribution in [2.75, 3.05) is 36.9 Å². The molecule has 0 aromatic heterocycles. The van der Waals surface area contributed by atoms with Gasteiger partial charge in [0, 0.05) is 13.1 Å². The van der Waals surface area contributed by atoms with E-state index in [0.29, 0.717) is 24.4 Å². The Morgan fingerprint density at radius 2 is 2.13 bits per heavy atom. The fraction of sp³-hybridized carbons (Fsp3) is 0.529. The molecule has 0 spiro atoms. The molecule has 6 heteroatoms. The number of ether oxygens (including phenoxy) is 1. The van der Waals surface area contributed by atoms with Gasteiger partial charge in [-0.15, -0.1) is 0 Å². The summed E-state index contributed by atoms with van der Waals surface area (Å²) in [4.78, 5) is 24.3. The van der Waals surface area contributed by atoms with E-state index in [0.717, 1.165) is 31.6 Å². The Bertz CT molecular complexity index is 554. The van der Waals surface area contributed by atoms with Crippen molar-refractivity contribution in [1.29, 1.82) is 0 Å². The van der Waals surface area contributed by atoms with Gasteiger partial charge in [-0.2, -0.15) is 0 Å². The molecule has 1 atom stereocenters. The van der Waals surface area contributed by atoms with Crippen molar-refractivity contribution in [2.24, 2.45) is 5.92 Å². The predicted octanol–water partition coefficient (Wildman–Crippen LogP) is 2.23. The lowest BCUT2D eigenvalue weighted by Gasteiger charge is -2.23. The van der Waals surface area contributed by atoms with Crippen LogP contribution in [0.2, 0.25) is 0 Å². The Hall–Kier alpha value is -2.08. The van der Waals surface area contributed by atoms with Crippen LogP contribution in [-0.2, 0) is 9.53 Å². The van der Waals surface area contributed by atoms with Crippen molar-refractivity contribution in [3.8, 4) is 0 Å². The van der Waals surface area contributed by atoms with Crippen molar-refractivity contribution >= 4 is 23.3 Å². The van der Waals surface area contributed by atoms with Crippen LogP contribution in [0, 0.1) is 5.92 Å². The second-order valence-corrected chi connectivity index (χ2v) is 5.54. The summed E-state index contributed by atoms with van der Waals surface area (Å²) in [6.45, 7) is 6.46. The lowest BCUT2D eigenvalue weighted by molar-refractivity contribution is -0.120. The highest BCUT2D eigenvalue weighted by molar-refractivity contribution is 5.99. The third-order valence-electron chi connectivity index (χ3n) is 3.82. The van der Waals surface area contributed by atoms with Gasteiger partial charge in [0.25, 0.3) is 0 Å². The lowest BCUT2D eigenvalue weighted by Crippen LogP contribution is -2.37. The first-order valence-electron chi connectivity index (χ1n) is 8.22. The first kappa shape index (κ1) is 17.3. The van der Waals surface area contributed by atoms with Gasteiger partial charge in [0.05, 0.1) is 29.5 Å². The third-order valence-corrected chi connectivity index (χ3v) is 3.82. The highest BCUT2D eigenvalue weighted by atomic mass is 16.5. The van der Waals surface area contributed by atoms with Crippen LogP contribution >= 0.6 is 0 Å². The molecule has 1 aromatic carbocycles. The molecule has 1 heterocycles. The Labute approximate surface area is 137 Å². The smallest absolute Gasteiger partial charge is 0.338 e. The van der Waals surface area contributed by atoms with Gasteiger partial charge in [0.15, 0.2) is 0 Å². The van der Waals surface area contributed by atoms with Gasteiger partial charge in [-0.1, -0.05) is 0 Å². The monoisotopic (exact) mass is 319 g/mol. The number of anilines is 2. The molecule has 1 saturated heterocycles. The first-order valence-corrected chi connectivity index (χ1v) is 8.22. The Balaban J connectivity index is 2.17. The van der Waals surface area contributed by atoms with Crippen LogP contribution in [0.25, 0.3) is 0 Å². The van der Waals surface area contributed by atoms with E-state index in [1.54, 1.807) is 25.1 Å². The number of rotatable bonds is 6. The summed E-state index contributed by atoms with van der Waals surface area (Å²) < 4.78 is 5.02. The third kappa shape index (κ3) is 4.69. The minimum Gasteiger partial charge on any atom is -0.462 e. The molecule has 0 radical (unpaired) electrons. The standard InChI is InChI=1S/C17H25N3O3/c1-3-19-14-8-7-12(17(22)23-4-2)10-15(14)20-16(21)13-6-5-9-18-11-13/h7-8,10,13,18-19H,3-6,9,11H2,1-2H3,(H,20,21). The second-order valence-electron chi connectivity index (χ2n) is 5.54. The summed E-state index contributed by atoms with van der Waals surface area (Å²) in [7, 11) is 0. The summed E-state index contributed by atoms with van der Waals surface area (Å²) in [5.41, 5.74) is 1.86. The number of amides is 1. The van der Waals surface area contributed by atoms with Gasteiger partial charge in [0.1, 0.15) is 0 Å². The summed E-state index contributed by atoms with van der Waals surface area (Å²) >= 11 is 0. The fourth-order valence-corrected chi connectivity index (χ4v) is 2.64. The van der Waals surface area contributed by atoms with Crippen LogP contribution in [0.15, 0.2) is 18.2 Å². The van der Waals surface area contributed by atoms with E-state index >= 15 is 0 Å². The maximum atomic E-state index is 12.4. The molecule has 2 rings (SSSR count). The molecule has 126 valence electrons. The molecule has 1 unspecified atom stereocenters. The number of piperidine rings is 1. The number of esters is 1. The molecule has 1 amide bonds. The Kier molecular flexibility index (Phi) is 6.40. The number of nitrogens with one attached hydrogen (secondary N) is 3. The zero-order chi connectivity index (χ0) is 16.7. The molecule has 1 aliphatic rings. The molecular formula is C17H25N3O3. The van der Waals surface area contributed by atoms with E-state index in [1.165, 1.54) is 0 Å². The topological polar surface area (TPSA) is 79.5 Å². The summed E-state index contributed by atoms with van der Waals surface area (Å²) in [6.07, 6.45) is 1.88. The van der Waals surface area contributed by atoms with E-state index < -0.39 is 0 Å². The van der Waals surface area contributed by atoms with E-state index in [4.69, 9.17) is 4.74 Å². The molecule has 1 aliphatic heterocycles. The van der Waals surface area contributed by atoms with Crippen LogP contribution in [0.4, 0.5) is 11.4 Å². The quantitative estimate of drug-likeness (QED) is 0.701. The van der Waals surface area contributed by atoms with E-state index in [1.807, 2.05) is 6.92 Å². The number of carbonyl (C=O) groups excluding carboxylic acids is 2. The van der Waals surface area contributed by atoms with Gasteiger partial charge in [0.2, 0.25) is 5.91 Å². The summed E-state index contributed by atoms with van der Waals surface area (Å²) in [5, 5.41) is 9.39. The van der Waals surface area contributed by atoms with Gasteiger partial charge in [-0.05, 0) is 51.4 Å². The van der Waals surface area contributed by atoms with Crippen LogP contribution in [0.5, 0.6) is 0 Å². The SMILES string of the molecule is CCNc1ccc(C(=O)OCC)cc1NC(=O)C1CCCNC1. The number of hydrogen-bond acceptors (Lipinski definition) is 5. The average molecular weight is 319 g/mol. The van der Waals surface area contributed by atoms with Crippen molar-refractivity contribution < 1.29 is 14.3 Å². The molecule has 0 aliphatic carbocycles. The van der Waals surface area contributed by atoms with Gasteiger partial charge < -0.3 is 20.7 Å². The van der Waals surface area contributed by atoms with Gasteiger partial charge >= 0.3 is 5.97 Å². The average Bonchev–Trinajstić information content (AvgIpc) is 2.57. The maximum Gasteiger partial charge on any atom is 0.338 e. The van der Waals surface area contributed by atoms with Crippen molar-refractivity contribution in [3.63, 3.8) is 0 Å². The molecular weight excluding hydrogens is 294 g/mol. The van der Waals surface area contributed by atoms with E-state index in [2.05, 4.69) is 16.0 Å². The molecule has 1 aromatic rings. The molecule has 23 heavy (non-hydrogen) atoms. The van der Waals surface area contributed by atoms with Gasteiger partial charge in [-0.25, -0.2) is 4.79 Å². The largest absolute Gasteiger partial charge is 0.462 e. The van der Waals surface area contributed by atoms with Crippen molar-refractivity contribution in [1.82, 2.24) is 5.32 Å². The second kappa shape index (κ2) is 8.53. The number of carbonyl (C=O) groups is 2. The van der Waals surface area contributed by atoms with Crippen molar-refractivity contribution in [3.05, 3.63) is 23.8 Å². The highest BCUT2D eigenvalue weighted by Crippen LogP contribution is 2.25. The molecule has 3 N–H and O–H groups in total. The van der Waals surface area contributed by atoms with Crippen LogP contribution in [0.3, 0.4) is 0 Å². The minimum atomic E-state index is -0.384. The lowest BCUT2D eigenvalue weighted by atomic mass is 9.98. The van der Waals surface area contributed by atoms with Crippen LogP contribution in [0.1, 0.15) is 37.0 Å². The van der Waals surface area contributed by atoms with E-state index in [9.17, 15) is 9.59 Å². The maximum absolute atomic E-state index is 12.4.